The van der Waals surface area contributed by atoms with E-state index in [1.807, 2.05) is 0 Å². The molecule has 2 N–H and O–H groups in total. The highest BCUT2D eigenvalue weighted by Crippen LogP contribution is 2.32. The summed E-state index contributed by atoms with van der Waals surface area (Å²) in [6, 6.07) is 0. The minimum Gasteiger partial charge on any atom is -0.396 e. The Hall–Kier alpha value is -0.220. The monoisotopic (exact) mass is 165 g/mol. The van der Waals surface area contributed by atoms with Crippen LogP contribution in [0.15, 0.2) is 0 Å². The van der Waals surface area contributed by atoms with E-state index in [2.05, 4.69) is 5.32 Å². The van der Waals surface area contributed by atoms with E-state index in [-0.39, 0.29) is 19.1 Å². The predicted molar refractivity (Wildman–Crippen MR) is 37.6 cm³/mol. The number of hydrogen-bond acceptors (Lipinski definition) is 2. The lowest BCUT2D eigenvalue weighted by Gasteiger charge is -2.35. The number of halogens is 2. The number of alkyl halides is 2. The van der Waals surface area contributed by atoms with E-state index in [4.69, 9.17) is 5.11 Å². The summed E-state index contributed by atoms with van der Waals surface area (Å²) in [5.41, 5.74) is 0. The van der Waals surface area contributed by atoms with E-state index in [9.17, 15) is 8.78 Å². The van der Waals surface area contributed by atoms with Crippen LogP contribution < -0.4 is 5.32 Å². The molecule has 1 saturated heterocycles. The van der Waals surface area contributed by atoms with Crippen molar-refractivity contribution in [3.8, 4) is 0 Å². The molecule has 0 saturated carbocycles. The first-order chi connectivity index (χ1) is 5.08. The molecule has 0 amide bonds. The maximum Gasteiger partial charge on any atom is 0.263 e. The van der Waals surface area contributed by atoms with Gasteiger partial charge in [-0.15, -0.1) is 0 Å². The lowest BCUT2D eigenvalue weighted by Crippen LogP contribution is -2.51. The van der Waals surface area contributed by atoms with Crippen molar-refractivity contribution in [3.05, 3.63) is 0 Å². The largest absolute Gasteiger partial charge is 0.396 e. The third-order valence-corrected chi connectivity index (χ3v) is 2.38. The molecule has 2 nitrogen and oxygen atoms in total. The van der Waals surface area contributed by atoms with Gasteiger partial charge in [-0.25, -0.2) is 8.78 Å². The lowest BCUT2D eigenvalue weighted by atomic mass is 9.86. The van der Waals surface area contributed by atoms with Gasteiger partial charge in [0.05, 0.1) is 6.54 Å². The molecule has 0 unspecified atom stereocenters. The van der Waals surface area contributed by atoms with Crippen LogP contribution >= 0.6 is 0 Å². The van der Waals surface area contributed by atoms with Crippen molar-refractivity contribution in [3.63, 3.8) is 0 Å². The third-order valence-electron chi connectivity index (χ3n) is 2.38. The summed E-state index contributed by atoms with van der Waals surface area (Å²) in [7, 11) is 0. The van der Waals surface area contributed by atoms with Crippen molar-refractivity contribution >= 4 is 0 Å². The molecule has 0 aromatic rings. The smallest absolute Gasteiger partial charge is 0.263 e. The van der Waals surface area contributed by atoms with E-state index in [1.165, 1.54) is 6.92 Å². The van der Waals surface area contributed by atoms with E-state index in [0.29, 0.717) is 6.54 Å². The third kappa shape index (κ3) is 1.68. The average Bonchev–Trinajstić information content (AvgIpc) is 1.95. The fraction of sp³-hybridized carbons (Fsp3) is 1.00. The molecule has 0 aliphatic carbocycles. The molecule has 0 radical (unpaired) electrons. The Labute approximate surface area is 64.6 Å². The number of nitrogens with one attached hydrogen (secondary N) is 1. The molecule has 66 valence electrons. The first-order valence-corrected chi connectivity index (χ1v) is 3.77. The first kappa shape index (κ1) is 8.87. The van der Waals surface area contributed by atoms with Gasteiger partial charge < -0.3 is 10.4 Å². The Morgan fingerprint density at radius 1 is 1.64 bits per heavy atom. The molecule has 0 spiro atoms. The molecule has 1 fully saturated rings. The average molecular weight is 165 g/mol. The molecule has 1 aliphatic heterocycles. The standard InChI is InChI=1S/C7H13F2NO/c1-5-6(3-11)2-10-4-7(5,8)9/h5-6,10-11H,2-4H2,1H3/t5-,6-/m1/s1. The molecule has 1 heterocycles. The Morgan fingerprint density at radius 3 is 2.73 bits per heavy atom. The van der Waals surface area contributed by atoms with E-state index in [0.717, 1.165) is 0 Å². The van der Waals surface area contributed by atoms with Crippen LogP contribution in [0.4, 0.5) is 8.78 Å². The van der Waals surface area contributed by atoms with Gasteiger partial charge in [0.25, 0.3) is 5.92 Å². The van der Waals surface area contributed by atoms with Crippen LogP contribution in [-0.2, 0) is 0 Å². The summed E-state index contributed by atoms with van der Waals surface area (Å²) in [6.45, 7) is 1.56. The minimum atomic E-state index is -2.66. The summed E-state index contributed by atoms with van der Waals surface area (Å²) in [6.07, 6.45) is 0. The predicted octanol–water partition coefficient (Wildman–Crippen LogP) is 0.470. The zero-order valence-corrected chi connectivity index (χ0v) is 6.48. The number of aliphatic hydroxyl groups excluding tert-OH is 1. The van der Waals surface area contributed by atoms with Crippen molar-refractivity contribution in [2.75, 3.05) is 19.7 Å². The van der Waals surface area contributed by atoms with Crippen LogP contribution in [0, 0.1) is 11.8 Å². The first-order valence-electron chi connectivity index (χ1n) is 3.77. The van der Waals surface area contributed by atoms with E-state index < -0.39 is 11.8 Å². The molecular weight excluding hydrogens is 152 g/mol. The Kier molecular flexibility index (Phi) is 2.44. The lowest BCUT2D eigenvalue weighted by molar-refractivity contribution is -0.0970. The van der Waals surface area contributed by atoms with Crippen LogP contribution in [0.1, 0.15) is 6.92 Å². The van der Waals surface area contributed by atoms with Gasteiger partial charge in [-0.2, -0.15) is 0 Å². The fourth-order valence-electron chi connectivity index (χ4n) is 1.33. The van der Waals surface area contributed by atoms with Crippen molar-refractivity contribution in [2.24, 2.45) is 11.8 Å². The summed E-state index contributed by atoms with van der Waals surface area (Å²) in [4.78, 5) is 0. The number of piperidine rings is 1. The van der Waals surface area contributed by atoms with E-state index in [1.54, 1.807) is 0 Å². The Balaban J connectivity index is 2.60. The molecule has 11 heavy (non-hydrogen) atoms. The fourth-order valence-corrected chi connectivity index (χ4v) is 1.33. The molecule has 0 aromatic heterocycles. The van der Waals surface area contributed by atoms with Crippen molar-refractivity contribution in [2.45, 2.75) is 12.8 Å². The number of hydrogen-bond donors (Lipinski definition) is 2. The maximum atomic E-state index is 12.9. The van der Waals surface area contributed by atoms with Crippen molar-refractivity contribution in [1.29, 1.82) is 0 Å². The second-order valence-electron chi connectivity index (χ2n) is 3.12. The maximum absolute atomic E-state index is 12.9. The molecule has 0 aromatic carbocycles. The molecule has 2 atom stereocenters. The quantitative estimate of drug-likeness (QED) is 0.592. The van der Waals surface area contributed by atoms with Gasteiger partial charge in [-0.05, 0) is 0 Å². The van der Waals surface area contributed by atoms with Crippen LogP contribution in [0.3, 0.4) is 0 Å². The van der Waals surface area contributed by atoms with Crippen molar-refractivity contribution < 1.29 is 13.9 Å². The summed E-state index contributed by atoms with van der Waals surface area (Å²) < 4.78 is 25.7. The molecule has 4 heteroatoms. The highest BCUT2D eigenvalue weighted by Gasteiger charge is 2.43. The highest BCUT2D eigenvalue weighted by atomic mass is 19.3. The van der Waals surface area contributed by atoms with E-state index >= 15 is 0 Å². The summed E-state index contributed by atoms with van der Waals surface area (Å²) >= 11 is 0. The van der Waals surface area contributed by atoms with Crippen molar-refractivity contribution in [1.82, 2.24) is 5.32 Å². The van der Waals surface area contributed by atoms with Crippen LogP contribution in [0.2, 0.25) is 0 Å². The van der Waals surface area contributed by atoms with Gasteiger partial charge in [-0.1, -0.05) is 6.92 Å². The summed E-state index contributed by atoms with van der Waals surface area (Å²) in [5, 5.41) is 11.3. The zero-order chi connectivity index (χ0) is 8.48. The normalized spacial score (nSPS) is 37.1. The topological polar surface area (TPSA) is 32.3 Å². The van der Waals surface area contributed by atoms with Gasteiger partial charge in [0.15, 0.2) is 0 Å². The molecule has 0 bridgehead atoms. The Morgan fingerprint density at radius 2 is 2.27 bits per heavy atom. The zero-order valence-electron chi connectivity index (χ0n) is 6.48. The van der Waals surface area contributed by atoms with Gasteiger partial charge >= 0.3 is 0 Å². The number of rotatable bonds is 1. The van der Waals surface area contributed by atoms with Crippen LogP contribution in [-0.4, -0.2) is 30.7 Å². The van der Waals surface area contributed by atoms with Gasteiger partial charge in [0.2, 0.25) is 0 Å². The van der Waals surface area contributed by atoms with Crippen LogP contribution in [0.5, 0.6) is 0 Å². The molecular formula is C7H13F2NO. The van der Waals surface area contributed by atoms with Crippen LogP contribution in [0.25, 0.3) is 0 Å². The van der Waals surface area contributed by atoms with Gasteiger partial charge in [0, 0.05) is 25.0 Å². The van der Waals surface area contributed by atoms with Gasteiger partial charge in [0.1, 0.15) is 0 Å². The second kappa shape index (κ2) is 3.03. The SMILES string of the molecule is C[C@@H]1[C@@H](CO)CNCC1(F)F. The second-order valence-corrected chi connectivity index (χ2v) is 3.12. The Bertz CT molecular complexity index is 140. The molecule has 1 rings (SSSR count). The minimum absolute atomic E-state index is 0.163. The highest BCUT2D eigenvalue weighted by molar-refractivity contribution is 4.87. The van der Waals surface area contributed by atoms with Gasteiger partial charge in [-0.3, -0.25) is 0 Å². The molecule has 1 aliphatic rings. The summed E-state index contributed by atoms with van der Waals surface area (Å²) in [5.74, 6) is -3.68. The number of aliphatic hydroxyl groups is 1.